The quantitative estimate of drug-likeness (QED) is 0.315. The lowest BCUT2D eigenvalue weighted by molar-refractivity contribution is 0.0707. The number of hydrogen-bond acceptors (Lipinski definition) is 2. The van der Waals surface area contributed by atoms with Crippen molar-refractivity contribution in [3.63, 3.8) is 0 Å². The van der Waals surface area contributed by atoms with Crippen molar-refractivity contribution in [2.24, 2.45) is 0 Å². The van der Waals surface area contributed by atoms with Crippen LogP contribution in [0.1, 0.15) is 38.5 Å². The first-order valence-corrected chi connectivity index (χ1v) is 7.59. The molecule has 0 fully saturated rings. The molecule has 0 aliphatic rings. The average Bonchev–Trinajstić information content (AvgIpc) is 2.47. The van der Waals surface area contributed by atoms with E-state index in [0.29, 0.717) is 26.4 Å². The average molecular weight is 278 g/mol. The van der Waals surface area contributed by atoms with E-state index in [0.717, 1.165) is 25.7 Å². The lowest BCUT2D eigenvalue weighted by atomic mass is 10.2. The van der Waals surface area contributed by atoms with Crippen LogP contribution >= 0.6 is 0 Å². The van der Waals surface area contributed by atoms with Crippen LogP contribution in [-0.4, -0.2) is 26.4 Å². The van der Waals surface area contributed by atoms with Crippen molar-refractivity contribution < 1.29 is 9.47 Å². The summed E-state index contributed by atoms with van der Waals surface area (Å²) in [6.07, 6.45) is 19.1. The Morgan fingerprint density at radius 1 is 0.600 bits per heavy atom. The molecular weight excluding hydrogens is 248 g/mol. The molecule has 2 nitrogen and oxygen atoms in total. The standard InChI is InChI=1S/C18H30O2/c1-3-5-7-9-11-13-15-19-17-18-20-16-14-12-10-8-6-4-2/h3-4,11-14H,1-2,5-10,15-18H2. The molecule has 20 heavy (non-hydrogen) atoms. The zero-order valence-corrected chi connectivity index (χ0v) is 12.8. The Bertz CT molecular complexity index is 239. The number of ether oxygens (including phenoxy) is 2. The predicted molar refractivity (Wildman–Crippen MR) is 88.0 cm³/mol. The summed E-state index contributed by atoms with van der Waals surface area (Å²) in [4.78, 5) is 0. The van der Waals surface area contributed by atoms with Crippen LogP contribution in [0.15, 0.2) is 49.6 Å². The third kappa shape index (κ3) is 16.9. The summed E-state index contributed by atoms with van der Waals surface area (Å²) in [7, 11) is 0. The first-order chi connectivity index (χ1) is 9.91. The summed E-state index contributed by atoms with van der Waals surface area (Å²) in [6, 6.07) is 0. The molecule has 0 spiro atoms. The van der Waals surface area contributed by atoms with Crippen molar-refractivity contribution in [1.82, 2.24) is 0 Å². The summed E-state index contributed by atoms with van der Waals surface area (Å²) in [5, 5.41) is 0. The van der Waals surface area contributed by atoms with Crippen molar-refractivity contribution in [3.05, 3.63) is 49.6 Å². The molecule has 0 amide bonds. The second-order valence-electron chi connectivity index (χ2n) is 4.53. The van der Waals surface area contributed by atoms with Crippen LogP contribution in [0.3, 0.4) is 0 Å². The fraction of sp³-hybridized carbons (Fsp3) is 0.556. The number of hydrogen-bond donors (Lipinski definition) is 0. The van der Waals surface area contributed by atoms with E-state index in [-0.39, 0.29) is 0 Å². The summed E-state index contributed by atoms with van der Waals surface area (Å²) >= 11 is 0. The molecule has 0 aromatic rings. The van der Waals surface area contributed by atoms with Gasteiger partial charge < -0.3 is 9.47 Å². The normalized spacial score (nSPS) is 11.4. The van der Waals surface area contributed by atoms with E-state index in [1.165, 1.54) is 12.8 Å². The van der Waals surface area contributed by atoms with Crippen LogP contribution < -0.4 is 0 Å². The molecule has 0 saturated carbocycles. The third-order valence-corrected chi connectivity index (χ3v) is 2.69. The Morgan fingerprint density at radius 3 is 1.45 bits per heavy atom. The van der Waals surface area contributed by atoms with E-state index < -0.39 is 0 Å². The second kappa shape index (κ2) is 17.9. The Balaban J connectivity index is 3.12. The third-order valence-electron chi connectivity index (χ3n) is 2.69. The summed E-state index contributed by atoms with van der Waals surface area (Å²) in [5.41, 5.74) is 0. The predicted octanol–water partition coefficient (Wildman–Crippen LogP) is 4.84. The molecule has 0 aromatic heterocycles. The largest absolute Gasteiger partial charge is 0.375 e. The topological polar surface area (TPSA) is 18.5 Å². The molecule has 0 atom stereocenters. The van der Waals surface area contributed by atoms with Crippen molar-refractivity contribution >= 4 is 0 Å². The molecule has 0 aliphatic carbocycles. The fourth-order valence-electron chi connectivity index (χ4n) is 1.55. The number of unbranched alkanes of at least 4 members (excludes halogenated alkanes) is 4. The van der Waals surface area contributed by atoms with Crippen molar-refractivity contribution in [3.8, 4) is 0 Å². The maximum absolute atomic E-state index is 5.43. The van der Waals surface area contributed by atoms with Gasteiger partial charge in [0.2, 0.25) is 0 Å². The van der Waals surface area contributed by atoms with E-state index in [1.807, 2.05) is 12.2 Å². The SMILES string of the molecule is C=CCCCC=CCOCCOCC=CCCCC=C. The van der Waals surface area contributed by atoms with E-state index in [4.69, 9.17) is 9.47 Å². The second-order valence-corrected chi connectivity index (χ2v) is 4.53. The van der Waals surface area contributed by atoms with Gasteiger partial charge in [0.25, 0.3) is 0 Å². The van der Waals surface area contributed by atoms with E-state index in [1.54, 1.807) is 0 Å². The number of rotatable bonds is 15. The van der Waals surface area contributed by atoms with E-state index in [9.17, 15) is 0 Å². The van der Waals surface area contributed by atoms with E-state index in [2.05, 4.69) is 37.5 Å². The smallest absolute Gasteiger partial charge is 0.0704 e. The van der Waals surface area contributed by atoms with Crippen LogP contribution in [0.25, 0.3) is 0 Å². The molecular formula is C18H30O2. The lowest BCUT2D eigenvalue weighted by Crippen LogP contribution is -2.04. The van der Waals surface area contributed by atoms with Gasteiger partial charge in [0, 0.05) is 0 Å². The van der Waals surface area contributed by atoms with Crippen molar-refractivity contribution in [2.75, 3.05) is 26.4 Å². The van der Waals surface area contributed by atoms with Crippen LogP contribution in [0.4, 0.5) is 0 Å². The van der Waals surface area contributed by atoms with Gasteiger partial charge in [-0.2, -0.15) is 0 Å². The zero-order valence-electron chi connectivity index (χ0n) is 12.8. The van der Waals surface area contributed by atoms with E-state index >= 15 is 0 Å². The highest BCUT2D eigenvalue weighted by Gasteiger charge is 1.86. The van der Waals surface area contributed by atoms with Gasteiger partial charge in [0.1, 0.15) is 0 Å². The molecule has 2 heteroatoms. The molecule has 114 valence electrons. The lowest BCUT2D eigenvalue weighted by Gasteiger charge is -2.01. The van der Waals surface area contributed by atoms with Crippen LogP contribution in [0, 0.1) is 0 Å². The Morgan fingerprint density at radius 2 is 1.05 bits per heavy atom. The minimum atomic E-state index is 0.654. The van der Waals surface area contributed by atoms with Crippen molar-refractivity contribution in [2.45, 2.75) is 38.5 Å². The molecule has 0 aromatic carbocycles. The monoisotopic (exact) mass is 278 g/mol. The van der Waals surface area contributed by atoms with Crippen molar-refractivity contribution in [1.29, 1.82) is 0 Å². The molecule has 0 N–H and O–H groups in total. The van der Waals surface area contributed by atoms with Crippen LogP contribution in [0.2, 0.25) is 0 Å². The minimum Gasteiger partial charge on any atom is -0.375 e. The Kier molecular flexibility index (Phi) is 16.9. The molecule has 0 unspecified atom stereocenters. The van der Waals surface area contributed by atoms with Gasteiger partial charge >= 0.3 is 0 Å². The highest BCUT2D eigenvalue weighted by atomic mass is 16.5. The molecule has 0 bridgehead atoms. The molecule has 0 radical (unpaired) electrons. The molecule has 0 rings (SSSR count). The maximum atomic E-state index is 5.43. The summed E-state index contributed by atoms with van der Waals surface area (Å²) < 4.78 is 10.9. The van der Waals surface area contributed by atoms with Gasteiger partial charge in [-0.3, -0.25) is 0 Å². The molecule has 0 saturated heterocycles. The minimum absolute atomic E-state index is 0.654. The van der Waals surface area contributed by atoms with Gasteiger partial charge in [-0.15, -0.1) is 13.2 Å². The van der Waals surface area contributed by atoms with Gasteiger partial charge in [-0.1, -0.05) is 36.5 Å². The van der Waals surface area contributed by atoms with Gasteiger partial charge in [0.05, 0.1) is 26.4 Å². The molecule has 0 aliphatic heterocycles. The highest BCUT2D eigenvalue weighted by molar-refractivity contribution is 4.83. The summed E-state index contributed by atoms with van der Waals surface area (Å²) in [5.74, 6) is 0. The summed E-state index contributed by atoms with van der Waals surface area (Å²) in [6.45, 7) is 10.1. The molecule has 0 heterocycles. The fourth-order valence-corrected chi connectivity index (χ4v) is 1.55. The Hall–Kier alpha value is -1.12. The van der Waals surface area contributed by atoms with Crippen LogP contribution in [-0.2, 0) is 9.47 Å². The van der Waals surface area contributed by atoms with Gasteiger partial charge in [-0.05, 0) is 38.5 Å². The van der Waals surface area contributed by atoms with Gasteiger partial charge in [0.15, 0.2) is 0 Å². The zero-order chi connectivity index (χ0) is 14.7. The first kappa shape index (κ1) is 18.9. The Labute approximate surface area is 124 Å². The first-order valence-electron chi connectivity index (χ1n) is 7.59. The van der Waals surface area contributed by atoms with Gasteiger partial charge in [-0.25, -0.2) is 0 Å². The number of allylic oxidation sites excluding steroid dienone is 4. The highest BCUT2D eigenvalue weighted by Crippen LogP contribution is 1.97. The maximum Gasteiger partial charge on any atom is 0.0704 e. The van der Waals surface area contributed by atoms with Crippen LogP contribution in [0.5, 0.6) is 0 Å².